The van der Waals surface area contributed by atoms with Gasteiger partial charge in [0, 0.05) is 25.7 Å². The molecule has 0 fully saturated rings. The second kappa shape index (κ2) is 8.17. The molecule has 0 bridgehead atoms. The minimum absolute atomic E-state index is 0.513. The zero-order chi connectivity index (χ0) is 13.2. The van der Waals surface area contributed by atoms with Gasteiger partial charge in [0.15, 0.2) is 5.96 Å². The highest BCUT2D eigenvalue weighted by molar-refractivity contribution is 5.79. The molecule has 0 aliphatic carbocycles. The molecule has 0 unspecified atom stereocenters. The van der Waals surface area contributed by atoms with E-state index < -0.39 is 0 Å². The standard InChI is InChI=1S/C14H21N3O/c1-4-10-18-13-9-7-6-8-12(13)11-17-14(15-3)16-5-2/h4,6-9H,1,5,10-11H2,2-3H3,(H2,15,16,17). The predicted molar refractivity (Wildman–Crippen MR) is 76.0 cm³/mol. The van der Waals surface area contributed by atoms with Crippen LogP contribution in [-0.2, 0) is 6.54 Å². The number of para-hydroxylation sites is 1. The van der Waals surface area contributed by atoms with Crippen LogP contribution in [0, 0.1) is 0 Å². The van der Waals surface area contributed by atoms with Gasteiger partial charge in [0.05, 0.1) is 0 Å². The van der Waals surface area contributed by atoms with Gasteiger partial charge in [-0.2, -0.15) is 0 Å². The van der Waals surface area contributed by atoms with Gasteiger partial charge in [-0.3, -0.25) is 4.99 Å². The highest BCUT2D eigenvalue weighted by atomic mass is 16.5. The molecule has 0 aromatic heterocycles. The summed E-state index contributed by atoms with van der Waals surface area (Å²) in [5.41, 5.74) is 1.10. The summed E-state index contributed by atoms with van der Waals surface area (Å²) in [5.74, 6) is 1.66. The molecule has 4 nitrogen and oxygen atoms in total. The smallest absolute Gasteiger partial charge is 0.191 e. The molecule has 0 atom stereocenters. The lowest BCUT2D eigenvalue weighted by atomic mass is 10.2. The van der Waals surface area contributed by atoms with Gasteiger partial charge >= 0.3 is 0 Å². The molecule has 0 saturated heterocycles. The van der Waals surface area contributed by atoms with E-state index in [2.05, 4.69) is 22.2 Å². The average Bonchev–Trinajstić information content (AvgIpc) is 2.42. The Morgan fingerprint density at radius 3 is 2.83 bits per heavy atom. The van der Waals surface area contributed by atoms with Crippen LogP contribution in [0.5, 0.6) is 5.75 Å². The highest BCUT2D eigenvalue weighted by Crippen LogP contribution is 2.17. The monoisotopic (exact) mass is 247 g/mol. The van der Waals surface area contributed by atoms with Crippen molar-refractivity contribution in [3.8, 4) is 5.75 Å². The molecule has 1 aromatic rings. The molecule has 98 valence electrons. The normalized spacial score (nSPS) is 10.9. The second-order valence-corrected chi connectivity index (χ2v) is 3.66. The number of nitrogens with zero attached hydrogens (tertiary/aromatic N) is 1. The van der Waals surface area contributed by atoms with Crippen molar-refractivity contribution in [2.24, 2.45) is 4.99 Å². The van der Waals surface area contributed by atoms with Crippen molar-refractivity contribution in [3.05, 3.63) is 42.5 Å². The maximum atomic E-state index is 5.59. The zero-order valence-corrected chi connectivity index (χ0v) is 11.1. The molecular weight excluding hydrogens is 226 g/mol. The van der Waals surface area contributed by atoms with Crippen molar-refractivity contribution in [1.82, 2.24) is 10.6 Å². The van der Waals surface area contributed by atoms with Crippen LogP contribution in [0.2, 0.25) is 0 Å². The van der Waals surface area contributed by atoms with Gasteiger partial charge in [-0.05, 0) is 13.0 Å². The Labute approximate surface area is 109 Å². The van der Waals surface area contributed by atoms with E-state index in [1.807, 2.05) is 31.2 Å². The second-order valence-electron chi connectivity index (χ2n) is 3.66. The summed E-state index contributed by atoms with van der Waals surface area (Å²) in [7, 11) is 1.76. The van der Waals surface area contributed by atoms with E-state index >= 15 is 0 Å². The van der Waals surface area contributed by atoms with Crippen LogP contribution in [0.4, 0.5) is 0 Å². The predicted octanol–water partition coefficient (Wildman–Crippen LogP) is 1.94. The van der Waals surface area contributed by atoms with Crippen molar-refractivity contribution in [2.75, 3.05) is 20.2 Å². The maximum Gasteiger partial charge on any atom is 0.191 e. The number of rotatable bonds is 6. The maximum absolute atomic E-state index is 5.59. The van der Waals surface area contributed by atoms with Crippen molar-refractivity contribution < 1.29 is 4.74 Å². The van der Waals surface area contributed by atoms with Gasteiger partial charge in [-0.15, -0.1) is 0 Å². The fraction of sp³-hybridized carbons (Fsp3) is 0.357. The van der Waals surface area contributed by atoms with Crippen molar-refractivity contribution in [2.45, 2.75) is 13.5 Å². The summed E-state index contributed by atoms with van der Waals surface area (Å²) in [6.07, 6.45) is 1.74. The summed E-state index contributed by atoms with van der Waals surface area (Å²) in [6, 6.07) is 7.94. The van der Waals surface area contributed by atoms with E-state index in [0.717, 1.165) is 23.8 Å². The van der Waals surface area contributed by atoms with E-state index in [4.69, 9.17) is 4.74 Å². The molecule has 0 aliphatic heterocycles. The van der Waals surface area contributed by atoms with Gasteiger partial charge in [-0.1, -0.05) is 30.9 Å². The van der Waals surface area contributed by atoms with Crippen LogP contribution >= 0.6 is 0 Å². The quantitative estimate of drug-likeness (QED) is 0.459. The topological polar surface area (TPSA) is 45.6 Å². The number of hydrogen-bond donors (Lipinski definition) is 2. The lowest BCUT2D eigenvalue weighted by Crippen LogP contribution is -2.36. The zero-order valence-electron chi connectivity index (χ0n) is 11.1. The van der Waals surface area contributed by atoms with Crippen LogP contribution in [0.15, 0.2) is 41.9 Å². The van der Waals surface area contributed by atoms with Gasteiger partial charge in [0.25, 0.3) is 0 Å². The molecule has 0 radical (unpaired) electrons. The van der Waals surface area contributed by atoms with E-state index in [-0.39, 0.29) is 0 Å². The van der Waals surface area contributed by atoms with Crippen LogP contribution < -0.4 is 15.4 Å². The number of guanidine groups is 1. The molecule has 0 aliphatic rings. The molecule has 2 N–H and O–H groups in total. The molecule has 1 aromatic carbocycles. The minimum Gasteiger partial charge on any atom is -0.489 e. The molecule has 0 amide bonds. The molecule has 18 heavy (non-hydrogen) atoms. The Morgan fingerprint density at radius 2 is 2.17 bits per heavy atom. The van der Waals surface area contributed by atoms with E-state index in [1.165, 1.54) is 0 Å². The third kappa shape index (κ3) is 4.49. The first-order valence-corrected chi connectivity index (χ1v) is 6.08. The first-order valence-electron chi connectivity index (χ1n) is 6.08. The first-order chi connectivity index (χ1) is 8.81. The average molecular weight is 247 g/mol. The fourth-order valence-electron chi connectivity index (χ4n) is 1.51. The third-order valence-electron chi connectivity index (χ3n) is 2.34. The fourth-order valence-corrected chi connectivity index (χ4v) is 1.51. The van der Waals surface area contributed by atoms with Gasteiger partial charge in [0.2, 0.25) is 0 Å². The van der Waals surface area contributed by atoms with Gasteiger partial charge in [-0.25, -0.2) is 0 Å². The summed E-state index contributed by atoms with van der Waals surface area (Å²) in [5, 5.41) is 6.38. The first kappa shape index (κ1) is 14.1. The Hall–Kier alpha value is -1.97. The summed E-state index contributed by atoms with van der Waals surface area (Å²) < 4.78 is 5.59. The Bertz CT molecular complexity index is 402. The summed E-state index contributed by atoms with van der Waals surface area (Å²) >= 11 is 0. The molecule has 1 rings (SSSR count). The van der Waals surface area contributed by atoms with E-state index in [1.54, 1.807) is 13.1 Å². The lowest BCUT2D eigenvalue weighted by molar-refractivity contribution is 0.358. The van der Waals surface area contributed by atoms with Crippen LogP contribution in [0.3, 0.4) is 0 Å². The van der Waals surface area contributed by atoms with Crippen LogP contribution in [0.25, 0.3) is 0 Å². The molecule has 0 saturated carbocycles. The number of nitrogens with one attached hydrogen (secondary N) is 2. The van der Waals surface area contributed by atoms with Crippen molar-refractivity contribution >= 4 is 5.96 Å². The number of hydrogen-bond acceptors (Lipinski definition) is 2. The molecule has 0 heterocycles. The van der Waals surface area contributed by atoms with E-state index in [9.17, 15) is 0 Å². The lowest BCUT2D eigenvalue weighted by Gasteiger charge is -2.13. The largest absolute Gasteiger partial charge is 0.489 e. The van der Waals surface area contributed by atoms with Crippen molar-refractivity contribution in [1.29, 1.82) is 0 Å². The summed E-state index contributed by atoms with van der Waals surface area (Å²) in [6.45, 7) is 7.71. The van der Waals surface area contributed by atoms with Crippen LogP contribution in [0.1, 0.15) is 12.5 Å². The summed E-state index contributed by atoms with van der Waals surface area (Å²) in [4.78, 5) is 4.12. The number of aliphatic imine (C=N–C) groups is 1. The Balaban J connectivity index is 2.63. The molecular formula is C14H21N3O. The number of ether oxygens (including phenoxy) is 1. The SMILES string of the molecule is C=CCOc1ccccc1CNC(=NC)NCC. The highest BCUT2D eigenvalue weighted by Gasteiger charge is 2.03. The Morgan fingerprint density at radius 1 is 1.39 bits per heavy atom. The van der Waals surface area contributed by atoms with E-state index in [0.29, 0.717) is 13.2 Å². The Kier molecular flexibility index (Phi) is 6.40. The van der Waals surface area contributed by atoms with Crippen molar-refractivity contribution in [3.63, 3.8) is 0 Å². The van der Waals surface area contributed by atoms with Gasteiger partial charge in [0.1, 0.15) is 12.4 Å². The molecule has 4 heteroatoms. The minimum atomic E-state index is 0.513. The molecule has 0 spiro atoms. The van der Waals surface area contributed by atoms with Crippen LogP contribution in [-0.4, -0.2) is 26.2 Å². The van der Waals surface area contributed by atoms with Gasteiger partial charge < -0.3 is 15.4 Å². The number of benzene rings is 1. The third-order valence-corrected chi connectivity index (χ3v) is 2.34.